The molecule has 0 unspecified atom stereocenters. The molecule has 2 aromatic rings. The summed E-state index contributed by atoms with van der Waals surface area (Å²) in [5.41, 5.74) is 6.70. The van der Waals surface area contributed by atoms with Crippen LogP contribution in [-0.2, 0) is 0 Å². The van der Waals surface area contributed by atoms with Crippen LogP contribution in [0, 0.1) is 12.7 Å². The first-order valence-electron chi connectivity index (χ1n) is 6.32. The third-order valence-corrected chi connectivity index (χ3v) is 3.28. The monoisotopic (exact) mass is 347 g/mol. The first-order chi connectivity index (χ1) is 9.93. The Kier molecular flexibility index (Phi) is 6.28. The van der Waals surface area contributed by atoms with E-state index in [0.717, 1.165) is 0 Å². The van der Waals surface area contributed by atoms with Gasteiger partial charge in [0.25, 0.3) is 5.91 Å². The van der Waals surface area contributed by atoms with Crippen molar-refractivity contribution < 1.29 is 9.18 Å². The number of carbonyl (C=O) groups is 1. The Hall–Kier alpha value is -1.70. The van der Waals surface area contributed by atoms with Crippen molar-refractivity contribution in [3.8, 4) is 5.69 Å². The summed E-state index contributed by atoms with van der Waals surface area (Å²) in [5, 5.41) is 10.4. The minimum Gasteiger partial charge on any atom is -0.347 e. The minimum absolute atomic E-state index is 0. The highest BCUT2D eigenvalue weighted by atomic mass is 35.5. The predicted molar refractivity (Wildman–Crippen MR) is 84.3 cm³/mol. The fourth-order valence-electron chi connectivity index (χ4n) is 1.75. The molecule has 0 fully saturated rings. The fourth-order valence-corrected chi connectivity index (χ4v) is 1.93. The van der Waals surface area contributed by atoms with Crippen molar-refractivity contribution in [3.05, 3.63) is 40.4 Å². The van der Waals surface area contributed by atoms with Crippen LogP contribution in [0.2, 0.25) is 5.02 Å². The highest BCUT2D eigenvalue weighted by molar-refractivity contribution is 6.30. The number of hydrogen-bond donors (Lipinski definition) is 2. The van der Waals surface area contributed by atoms with Crippen LogP contribution in [0.5, 0.6) is 0 Å². The molecule has 0 aliphatic rings. The lowest BCUT2D eigenvalue weighted by Crippen LogP contribution is -2.38. The molecule has 9 heteroatoms. The van der Waals surface area contributed by atoms with Crippen molar-refractivity contribution in [2.75, 3.05) is 6.54 Å². The van der Waals surface area contributed by atoms with Gasteiger partial charge in [0, 0.05) is 12.6 Å². The van der Waals surface area contributed by atoms with E-state index in [1.165, 1.54) is 22.9 Å². The zero-order chi connectivity index (χ0) is 15.6. The highest BCUT2D eigenvalue weighted by Crippen LogP contribution is 2.20. The van der Waals surface area contributed by atoms with E-state index in [1.54, 1.807) is 13.8 Å². The Morgan fingerprint density at radius 1 is 1.55 bits per heavy atom. The first-order valence-corrected chi connectivity index (χ1v) is 6.70. The standard InChI is InChI=1S/C13H15ClFN5O.ClH/c1-7(6-16)17-13(21)12-8(2)20(19-18-12)9-3-4-11(15)10(14)5-9;/h3-5,7H,6,16H2,1-2H3,(H,17,21);1H/t7-;/m0./s1. The van der Waals surface area contributed by atoms with Gasteiger partial charge in [-0.15, -0.1) is 17.5 Å². The second kappa shape index (κ2) is 7.53. The van der Waals surface area contributed by atoms with Crippen molar-refractivity contribution in [3.63, 3.8) is 0 Å². The van der Waals surface area contributed by atoms with Crippen LogP contribution in [0.15, 0.2) is 18.2 Å². The normalized spacial score (nSPS) is 11.7. The molecule has 0 spiro atoms. The molecule has 3 N–H and O–H groups in total. The third kappa shape index (κ3) is 3.73. The Morgan fingerprint density at radius 2 is 2.23 bits per heavy atom. The lowest BCUT2D eigenvalue weighted by Gasteiger charge is -2.10. The number of nitrogens with two attached hydrogens (primary N) is 1. The van der Waals surface area contributed by atoms with E-state index in [0.29, 0.717) is 17.9 Å². The molecule has 1 amide bonds. The molecule has 6 nitrogen and oxygen atoms in total. The molecular formula is C13H16Cl2FN5O. The van der Waals surface area contributed by atoms with Crippen LogP contribution >= 0.6 is 24.0 Å². The Bertz CT molecular complexity index is 676. The largest absolute Gasteiger partial charge is 0.347 e. The molecule has 0 aliphatic carbocycles. The minimum atomic E-state index is -0.520. The molecule has 120 valence electrons. The molecule has 1 aromatic carbocycles. The number of rotatable bonds is 4. The molecule has 22 heavy (non-hydrogen) atoms. The van der Waals surface area contributed by atoms with Gasteiger partial charge in [-0.3, -0.25) is 4.79 Å². The molecule has 1 atom stereocenters. The van der Waals surface area contributed by atoms with Gasteiger partial charge in [0.2, 0.25) is 0 Å². The van der Waals surface area contributed by atoms with Gasteiger partial charge < -0.3 is 11.1 Å². The van der Waals surface area contributed by atoms with Crippen LogP contribution in [0.3, 0.4) is 0 Å². The quantitative estimate of drug-likeness (QED) is 0.883. The van der Waals surface area contributed by atoms with E-state index in [2.05, 4.69) is 15.6 Å². The maximum absolute atomic E-state index is 13.2. The summed E-state index contributed by atoms with van der Waals surface area (Å²) in [7, 11) is 0. The van der Waals surface area contributed by atoms with Gasteiger partial charge in [0.1, 0.15) is 5.82 Å². The average Bonchev–Trinajstić information content (AvgIpc) is 2.83. The molecule has 0 bridgehead atoms. The summed E-state index contributed by atoms with van der Waals surface area (Å²) in [6.07, 6.45) is 0. The zero-order valence-corrected chi connectivity index (χ0v) is 13.6. The number of amides is 1. The van der Waals surface area contributed by atoms with E-state index >= 15 is 0 Å². The highest BCUT2D eigenvalue weighted by Gasteiger charge is 2.18. The van der Waals surface area contributed by atoms with Crippen LogP contribution in [-0.4, -0.2) is 33.5 Å². The summed E-state index contributed by atoms with van der Waals surface area (Å²) >= 11 is 5.74. The van der Waals surface area contributed by atoms with Crippen molar-refractivity contribution in [2.45, 2.75) is 19.9 Å². The van der Waals surface area contributed by atoms with Gasteiger partial charge in [-0.1, -0.05) is 16.8 Å². The molecule has 2 rings (SSSR count). The van der Waals surface area contributed by atoms with Crippen molar-refractivity contribution in [1.82, 2.24) is 20.3 Å². The number of nitrogens with one attached hydrogen (secondary N) is 1. The van der Waals surface area contributed by atoms with Gasteiger partial charge in [-0.25, -0.2) is 9.07 Å². The van der Waals surface area contributed by atoms with Crippen LogP contribution < -0.4 is 11.1 Å². The van der Waals surface area contributed by atoms with Gasteiger partial charge in [0.05, 0.1) is 16.4 Å². The summed E-state index contributed by atoms with van der Waals surface area (Å²) in [6, 6.07) is 3.99. The maximum atomic E-state index is 13.2. The Balaban J connectivity index is 0.00000242. The van der Waals surface area contributed by atoms with Crippen LogP contribution in [0.25, 0.3) is 5.69 Å². The van der Waals surface area contributed by atoms with E-state index in [4.69, 9.17) is 17.3 Å². The molecule has 0 aliphatic heterocycles. The maximum Gasteiger partial charge on any atom is 0.274 e. The average molecular weight is 348 g/mol. The summed E-state index contributed by atoms with van der Waals surface area (Å²) in [4.78, 5) is 12.0. The summed E-state index contributed by atoms with van der Waals surface area (Å²) < 4.78 is 14.6. The lowest BCUT2D eigenvalue weighted by molar-refractivity contribution is 0.0935. The first kappa shape index (κ1) is 18.3. The number of benzene rings is 1. The van der Waals surface area contributed by atoms with E-state index in [1.807, 2.05) is 0 Å². The fraction of sp³-hybridized carbons (Fsp3) is 0.308. The number of aromatic nitrogens is 3. The van der Waals surface area contributed by atoms with Gasteiger partial charge in [0.15, 0.2) is 5.69 Å². The molecule has 0 radical (unpaired) electrons. The Morgan fingerprint density at radius 3 is 2.82 bits per heavy atom. The Labute approximate surface area is 138 Å². The number of nitrogens with zero attached hydrogens (tertiary/aromatic N) is 3. The predicted octanol–water partition coefficient (Wildman–Crippen LogP) is 1.87. The zero-order valence-electron chi connectivity index (χ0n) is 12.0. The van der Waals surface area contributed by atoms with Gasteiger partial charge in [-0.05, 0) is 32.0 Å². The van der Waals surface area contributed by atoms with Crippen molar-refractivity contribution in [1.29, 1.82) is 0 Å². The smallest absolute Gasteiger partial charge is 0.274 e. The molecule has 0 saturated heterocycles. The third-order valence-electron chi connectivity index (χ3n) is 2.99. The second-order valence-electron chi connectivity index (χ2n) is 4.64. The summed E-state index contributed by atoms with van der Waals surface area (Å²) in [6.45, 7) is 3.81. The number of hydrogen-bond acceptors (Lipinski definition) is 4. The van der Waals surface area contributed by atoms with E-state index in [9.17, 15) is 9.18 Å². The van der Waals surface area contributed by atoms with Crippen molar-refractivity contribution >= 4 is 29.9 Å². The lowest BCUT2D eigenvalue weighted by atomic mass is 10.2. The van der Waals surface area contributed by atoms with Crippen molar-refractivity contribution in [2.24, 2.45) is 5.73 Å². The van der Waals surface area contributed by atoms with Crippen LogP contribution in [0.4, 0.5) is 4.39 Å². The van der Waals surface area contributed by atoms with E-state index in [-0.39, 0.29) is 35.1 Å². The number of halogens is 3. The van der Waals surface area contributed by atoms with E-state index < -0.39 is 5.82 Å². The molecule has 1 aromatic heterocycles. The second-order valence-corrected chi connectivity index (χ2v) is 5.05. The molecule has 1 heterocycles. The summed E-state index contributed by atoms with van der Waals surface area (Å²) in [5.74, 6) is -0.877. The van der Waals surface area contributed by atoms with Crippen LogP contribution in [0.1, 0.15) is 23.1 Å². The molecule has 0 saturated carbocycles. The van der Waals surface area contributed by atoms with Gasteiger partial charge in [-0.2, -0.15) is 0 Å². The SMILES string of the molecule is Cc1c(C(=O)N[C@@H](C)CN)nnn1-c1ccc(F)c(Cl)c1.Cl. The number of carbonyl (C=O) groups excluding carboxylic acids is 1. The molecular weight excluding hydrogens is 332 g/mol. The topological polar surface area (TPSA) is 85.8 Å². The van der Waals surface area contributed by atoms with Gasteiger partial charge >= 0.3 is 0 Å².